The van der Waals surface area contributed by atoms with Crippen LogP contribution in [0.3, 0.4) is 0 Å². The van der Waals surface area contributed by atoms with Gasteiger partial charge in [0.1, 0.15) is 11.4 Å². The zero-order valence-corrected chi connectivity index (χ0v) is 19.1. The maximum atomic E-state index is 11.7. The molecule has 5 rings (SSSR count). The third kappa shape index (κ3) is 3.43. The number of para-hydroxylation sites is 1. The summed E-state index contributed by atoms with van der Waals surface area (Å²) in [6.07, 6.45) is 3.65. The Hall–Kier alpha value is -4.67. The summed E-state index contributed by atoms with van der Waals surface area (Å²) >= 11 is 0. The molecule has 3 aromatic heterocycles. The number of anilines is 3. The first-order chi connectivity index (χ1) is 16.4. The van der Waals surface area contributed by atoms with Crippen LogP contribution in [-0.4, -0.2) is 50.3 Å². The average Bonchev–Trinajstić information content (AvgIpc) is 3.43. The third-order valence-electron chi connectivity index (χ3n) is 5.62. The molecule has 11 nitrogen and oxygen atoms in total. The standard InChI is InChI=1S/C23H22N8O3/c1-28(2)18-12-20(34-4)16(11-19(18)31(32)33)25-23-26-21-9-10-24-30(21)22(27-23)15-13-29(3)17-8-6-5-7-14(15)17/h5-13H,1-4H3,(H,25,26). The first-order valence-electron chi connectivity index (χ1n) is 10.4. The van der Waals surface area contributed by atoms with Gasteiger partial charge < -0.3 is 19.5 Å². The van der Waals surface area contributed by atoms with Crippen LogP contribution >= 0.6 is 0 Å². The van der Waals surface area contributed by atoms with Gasteiger partial charge in [0.25, 0.3) is 5.69 Å². The molecule has 11 heteroatoms. The van der Waals surface area contributed by atoms with Gasteiger partial charge in [-0.15, -0.1) is 0 Å². The summed E-state index contributed by atoms with van der Waals surface area (Å²) in [5, 5.41) is 20.2. The van der Waals surface area contributed by atoms with Crippen LogP contribution < -0.4 is 15.0 Å². The summed E-state index contributed by atoms with van der Waals surface area (Å²) in [4.78, 5) is 22.2. The van der Waals surface area contributed by atoms with E-state index in [9.17, 15) is 10.1 Å². The fourth-order valence-corrected chi connectivity index (χ4v) is 4.02. The maximum Gasteiger partial charge on any atom is 0.294 e. The molecule has 5 aromatic rings. The van der Waals surface area contributed by atoms with Crippen molar-refractivity contribution in [2.24, 2.45) is 7.05 Å². The summed E-state index contributed by atoms with van der Waals surface area (Å²) in [6.45, 7) is 0. The molecule has 0 spiro atoms. The minimum Gasteiger partial charge on any atom is -0.494 e. The van der Waals surface area contributed by atoms with E-state index in [0.717, 1.165) is 16.5 Å². The molecule has 172 valence electrons. The number of hydrogen-bond donors (Lipinski definition) is 1. The number of aromatic nitrogens is 5. The van der Waals surface area contributed by atoms with Crippen LogP contribution in [0.5, 0.6) is 5.75 Å². The lowest BCUT2D eigenvalue weighted by Gasteiger charge is -2.17. The highest BCUT2D eigenvalue weighted by Gasteiger charge is 2.22. The highest BCUT2D eigenvalue weighted by atomic mass is 16.6. The molecular formula is C23H22N8O3. The van der Waals surface area contributed by atoms with E-state index in [1.807, 2.05) is 42.1 Å². The van der Waals surface area contributed by atoms with Gasteiger partial charge in [-0.2, -0.15) is 19.6 Å². The lowest BCUT2D eigenvalue weighted by atomic mass is 10.1. The molecule has 3 heterocycles. The van der Waals surface area contributed by atoms with Crippen molar-refractivity contribution in [3.63, 3.8) is 0 Å². The van der Waals surface area contributed by atoms with Gasteiger partial charge >= 0.3 is 0 Å². The Kier molecular flexibility index (Phi) is 5.01. The topological polar surface area (TPSA) is 116 Å². The molecule has 0 aliphatic heterocycles. The SMILES string of the molecule is COc1cc(N(C)C)c([N+](=O)[O-])cc1Nc1nc(-c2cn(C)c3ccccc23)n2nccc2n1. The van der Waals surface area contributed by atoms with Gasteiger partial charge in [-0.05, 0) is 6.07 Å². The van der Waals surface area contributed by atoms with Crippen LogP contribution in [0.1, 0.15) is 0 Å². The van der Waals surface area contributed by atoms with Gasteiger partial charge in [0, 0.05) is 62.0 Å². The monoisotopic (exact) mass is 458 g/mol. The molecule has 0 saturated carbocycles. The van der Waals surface area contributed by atoms with Crippen molar-refractivity contribution >= 4 is 39.6 Å². The van der Waals surface area contributed by atoms with Crippen molar-refractivity contribution in [3.8, 4) is 17.1 Å². The lowest BCUT2D eigenvalue weighted by Crippen LogP contribution is -2.12. The number of ether oxygens (including phenoxy) is 1. The molecule has 1 N–H and O–H groups in total. The van der Waals surface area contributed by atoms with E-state index in [2.05, 4.69) is 15.4 Å². The predicted octanol–water partition coefficient (Wildman–Crippen LogP) is 4.01. The molecule has 34 heavy (non-hydrogen) atoms. The number of nitro groups is 1. The molecule has 0 radical (unpaired) electrons. The molecule has 0 atom stereocenters. The summed E-state index contributed by atoms with van der Waals surface area (Å²) in [5.74, 6) is 1.28. The Bertz CT molecular complexity index is 1550. The number of nitro benzene ring substituents is 1. The van der Waals surface area contributed by atoms with Crippen molar-refractivity contribution in [1.29, 1.82) is 0 Å². The fourth-order valence-electron chi connectivity index (χ4n) is 4.02. The van der Waals surface area contributed by atoms with E-state index in [4.69, 9.17) is 9.72 Å². The number of hydrogen-bond acceptors (Lipinski definition) is 8. The fraction of sp³-hybridized carbons (Fsp3) is 0.174. The molecule has 0 aliphatic rings. The number of nitrogens with zero attached hydrogens (tertiary/aromatic N) is 7. The van der Waals surface area contributed by atoms with Crippen molar-refractivity contribution in [3.05, 3.63) is 65.0 Å². The first kappa shape index (κ1) is 21.2. The van der Waals surface area contributed by atoms with Gasteiger partial charge in [0.2, 0.25) is 5.95 Å². The molecule has 0 bridgehead atoms. The number of benzene rings is 2. The maximum absolute atomic E-state index is 11.7. The number of fused-ring (bicyclic) bond motifs is 2. The van der Waals surface area contributed by atoms with E-state index in [-0.39, 0.29) is 11.6 Å². The Morgan fingerprint density at radius 3 is 2.68 bits per heavy atom. The van der Waals surface area contributed by atoms with E-state index in [0.29, 0.717) is 28.6 Å². The Balaban J connectivity index is 1.67. The normalized spacial score (nSPS) is 11.2. The molecule has 0 unspecified atom stereocenters. The van der Waals surface area contributed by atoms with E-state index in [1.54, 1.807) is 41.8 Å². The second-order valence-corrected chi connectivity index (χ2v) is 7.96. The van der Waals surface area contributed by atoms with Gasteiger partial charge in [-0.25, -0.2) is 0 Å². The minimum absolute atomic E-state index is 0.0620. The number of methoxy groups -OCH3 is 1. The largest absolute Gasteiger partial charge is 0.494 e. The Labute approximate surface area is 194 Å². The van der Waals surface area contributed by atoms with E-state index in [1.165, 1.54) is 13.2 Å². The quantitative estimate of drug-likeness (QED) is 0.300. The highest BCUT2D eigenvalue weighted by molar-refractivity contribution is 5.94. The van der Waals surface area contributed by atoms with Gasteiger partial charge in [0.15, 0.2) is 11.5 Å². The van der Waals surface area contributed by atoms with Gasteiger partial charge in [0.05, 0.1) is 23.9 Å². The molecule has 0 amide bonds. The number of nitrogens with one attached hydrogen (secondary N) is 1. The lowest BCUT2D eigenvalue weighted by molar-refractivity contribution is -0.384. The minimum atomic E-state index is -0.428. The molecule has 0 saturated heterocycles. The second kappa shape index (κ2) is 8.03. The molecular weight excluding hydrogens is 436 g/mol. The summed E-state index contributed by atoms with van der Waals surface area (Å²) < 4.78 is 9.20. The average molecular weight is 458 g/mol. The van der Waals surface area contributed by atoms with Gasteiger partial charge in [-0.3, -0.25) is 10.1 Å². The van der Waals surface area contributed by atoms with Crippen molar-refractivity contribution in [2.45, 2.75) is 0 Å². The molecule has 2 aromatic carbocycles. The van der Waals surface area contributed by atoms with Crippen molar-refractivity contribution in [2.75, 3.05) is 31.4 Å². The smallest absolute Gasteiger partial charge is 0.294 e. The van der Waals surface area contributed by atoms with Crippen molar-refractivity contribution in [1.82, 2.24) is 24.1 Å². The van der Waals surface area contributed by atoms with Crippen LogP contribution in [0.2, 0.25) is 0 Å². The van der Waals surface area contributed by atoms with Crippen LogP contribution in [0.25, 0.3) is 27.9 Å². The third-order valence-corrected chi connectivity index (χ3v) is 5.62. The summed E-state index contributed by atoms with van der Waals surface area (Å²) in [5.41, 5.74) is 3.27. The number of aryl methyl sites for hydroxylation is 1. The highest BCUT2D eigenvalue weighted by Crippen LogP contribution is 2.39. The zero-order valence-electron chi connectivity index (χ0n) is 19.1. The second-order valence-electron chi connectivity index (χ2n) is 7.96. The first-order valence-corrected chi connectivity index (χ1v) is 10.4. The van der Waals surface area contributed by atoms with E-state index >= 15 is 0 Å². The predicted molar refractivity (Wildman–Crippen MR) is 130 cm³/mol. The molecule has 0 aliphatic carbocycles. The zero-order chi connectivity index (χ0) is 24.0. The van der Waals surface area contributed by atoms with Crippen LogP contribution in [0.4, 0.5) is 23.0 Å². The van der Waals surface area contributed by atoms with E-state index < -0.39 is 4.92 Å². The van der Waals surface area contributed by atoms with Crippen molar-refractivity contribution < 1.29 is 9.66 Å². The Morgan fingerprint density at radius 1 is 1.15 bits per heavy atom. The Morgan fingerprint density at radius 2 is 1.94 bits per heavy atom. The summed E-state index contributed by atoms with van der Waals surface area (Å²) in [7, 11) is 6.96. The van der Waals surface area contributed by atoms with Crippen LogP contribution in [-0.2, 0) is 7.05 Å². The van der Waals surface area contributed by atoms with Crippen LogP contribution in [0.15, 0.2) is 54.9 Å². The van der Waals surface area contributed by atoms with Gasteiger partial charge in [-0.1, -0.05) is 18.2 Å². The number of rotatable bonds is 6. The molecule has 0 fully saturated rings. The van der Waals surface area contributed by atoms with Crippen LogP contribution in [0, 0.1) is 10.1 Å². The summed E-state index contributed by atoms with van der Waals surface area (Å²) in [6, 6.07) is 12.8.